The van der Waals surface area contributed by atoms with Crippen LogP contribution in [0.1, 0.15) is 38.2 Å². The average molecular weight is 418 g/mol. The molecule has 3 rings (SSSR count). The lowest BCUT2D eigenvalue weighted by molar-refractivity contribution is 0.213. The highest BCUT2D eigenvalue weighted by atomic mass is 32.2. The van der Waals surface area contributed by atoms with Crippen LogP contribution in [-0.2, 0) is 15.4 Å². The summed E-state index contributed by atoms with van der Waals surface area (Å²) in [5.74, 6) is 0.0314. The maximum atomic E-state index is 12.9. The van der Waals surface area contributed by atoms with Crippen LogP contribution >= 0.6 is 12.2 Å². The van der Waals surface area contributed by atoms with Crippen molar-refractivity contribution in [2.24, 2.45) is 5.92 Å². The minimum absolute atomic E-state index is 0.0314. The minimum Gasteiger partial charge on any atom is -0.382 e. The highest BCUT2D eigenvalue weighted by Gasteiger charge is 2.48. The summed E-state index contributed by atoms with van der Waals surface area (Å²) in [6.45, 7) is 1.94. The van der Waals surface area contributed by atoms with Gasteiger partial charge in [0.25, 0.3) is 0 Å². The van der Waals surface area contributed by atoms with Gasteiger partial charge in [-0.25, -0.2) is 13.1 Å². The molecular formula is C21H27N3O2S2. The SMILES string of the molecule is CNC(=S)[C@@]1(c2cccnc2)CCCC[C@@H]1C(C)NS(=O)(=O)c1ccccc1. The number of pyridine rings is 1. The monoisotopic (exact) mass is 417 g/mol. The summed E-state index contributed by atoms with van der Waals surface area (Å²) in [5, 5.41) is 3.18. The molecule has 2 N–H and O–H groups in total. The maximum absolute atomic E-state index is 12.9. The Kier molecular flexibility index (Phi) is 6.47. The Labute approximate surface area is 173 Å². The summed E-state index contributed by atoms with van der Waals surface area (Å²) in [6, 6.07) is 12.2. The fourth-order valence-corrected chi connectivity index (χ4v) is 6.17. The van der Waals surface area contributed by atoms with Crippen molar-refractivity contribution in [2.45, 2.75) is 49.0 Å². The van der Waals surface area contributed by atoms with Gasteiger partial charge in [0.2, 0.25) is 10.0 Å². The first kappa shape index (κ1) is 20.9. The molecule has 1 unspecified atom stereocenters. The topological polar surface area (TPSA) is 71.1 Å². The third-order valence-corrected chi connectivity index (χ3v) is 7.92. The third-order valence-electron chi connectivity index (χ3n) is 5.78. The molecule has 2 aromatic rings. The molecular weight excluding hydrogens is 390 g/mol. The predicted molar refractivity (Wildman–Crippen MR) is 116 cm³/mol. The van der Waals surface area contributed by atoms with Gasteiger partial charge in [-0.2, -0.15) is 0 Å². The Morgan fingerprint density at radius 2 is 1.96 bits per heavy atom. The highest BCUT2D eigenvalue weighted by Crippen LogP contribution is 2.46. The summed E-state index contributed by atoms with van der Waals surface area (Å²) < 4.78 is 28.7. The molecule has 1 saturated carbocycles. The van der Waals surface area contributed by atoms with E-state index in [9.17, 15) is 8.42 Å². The van der Waals surface area contributed by atoms with E-state index in [4.69, 9.17) is 12.2 Å². The molecule has 7 heteroatoms. The largest absolute Gasteiger partial charge is 0.382 e. The Bertz CT molecular complexity index is 904. The minimum atomic E-state index is -3.60. The first-order valence-electron chi connectivity index (χ1n) is 9.62. The number of nitrogens with one attached hydrogen (secondary N) is 2. The maximum Gasteiger partial charge on any atom is 0.240 e. The van der Waals surface area contributed by atoms with Crippen molar-refractivity contribution in [1.82, 2.24) is 15.0 Å². The molecule has 0 bridgehead atoms. The van der Waals surface area contributed by atoms with E-state index in [1.54, 1.807) is 30.5 Å². The second kappa shape index (κ2) is 8.68. The third kappa shape index (κ3) is 3.97. The van der Waals surface area contributed by atoms with E-state index in [-0.39, 0.29) is 16.9 Å². The summed E-state index contributed by atoms with van der Waals surface area (Å²) in [4.78, 5) is 5.34. The van der Waals surface area contributed by atoms with Gasteiger partial charge in [0, 0.05) is 25.5 Å². The molecule has 1 fully saturated rings. The zero-order chi connectivity index (χ0) is 20.2. The van der Waals surface area contributed by atoms with Crippen molar-refractivity contribution in [1.29, 1.82) is 0 Å². The molecule has 3 atom stereocenters. The van der Waals surface area contributed by atoms with Crippen LogP contribution in [0.25, 0.3) is 0 Å². The lowest BCUT2D eigenvalue weighted by atomic mass is 9.60. The van der Waals surface area contributed by atoms with Crippen LogP contribution < -0.4 is 10.0 Å². The van der Waals surface area contributed by atoms with Crippen LogP contribution in [0.4, 0.5) is 0 Å². The molecule has 0 radical (unpaired) electrons. The molecule has 150 valence electrons. The Morgan fingerprint density at radius 1 is 1.21 bits per heavy atom. The van der Waals surface area contributed by atoms with Crippen molar-refractivity contribution < 1.29 is 8.42 Å². The Morgan fingerprint density at radius 3 is 2.61 bits per heavy atom. The van der Waals surface area contributed by atoms with Crippen molar-refractivity contribution in [3.63, 3.8) is 0 Å². The lowest BCUT2D eigenvalue weighted by Crippen LogP contribution is -2.55. The van der Waals surface area contributed by atoms with Crippen molar-refractivity contribution in [2.75, 3.05) is 7.05 Å². The lowest BCUT2D eigenvalue weighted by Gasteiger charge is -2.47. The zero-order valence-corrected chi connectivity index (χ0v) is 17.9. The van der Waals surface area contributed by atoms with E-state index in [0.29, 0.717) is 0 Å². The van der Waals surface area contributed by atoms with Crippen molar-refractivity contribution in [3.8, 4) is 0 Å². The average Bonchev–Trinajstić information content (AvgIpc) is 2.74. The molecule has 1 aliphatic rings. The van der Waals surface area contributed by atoms with Crippen LogP contribution in [0.15, 0.2) is 59.8 Å². The number of aromatic nitrogens is 1. The summed E-state index contributed by atoms with van der Waals surface area (Å²) in [6.07, 6.45) is 7.48. The normalized spacial score (nSPS) is 23.7. The fourth-order valence-electron chi connectivity index (χ4n) is 4.49. The van der Waals surface area contributed by atoms with Gasteiger partial charge >= 0.3 is 0 Å². The van der Waals surface area contributed by atoms with Crippen molar-refractivity contribution in [3.05, 3.63) is 60.4 Å². The molecule has 1 aliphatic carbocycles. The Hall–Kier alpha value is -1.83. The van der Waals surface area contributed by atoms with E-state index >= 15 is 0 Å². The number of nitrogens with zero attached hydrogens (tertiary/aromatic N) is 1. The predicted octanol–water partition coefficient (Wildman–Crippen LogP) is 3.42. The van der Waals surface area contributed by atoms with Gasteiger partial charge in [-0.05, 0) is 49.4 Å². The molecule has 0 amide bonds. The van der Waals surface area contributed by atoms with Crippen LogP contribution in [0.5, 0.6) is 0 Å². The fraction of sp³-hybridized carbons (Fsp3) is 0.429. The quantitative estimate of drug-likeness (QED) is 0.705. The van der Waals surface area contributed by atoms with Crippen LogP contribution in [0, 0.1) is 5.92 Å². The summed E-state index contributed by atoms with van der Waals surface area (Å²) >= 11 is 5.78. The molecule has 5 nitrogen and oxygen atoms in total. The second-order valence-electron chi connectivity index (χ2n) is 7.37. The summed E-state index contributed by atoms with van der Waals surface area (Å²) in [7, 11) is -1.76. The van der Waals surface area contributed by atoms with E-state index in [1.165, 1.54) is 0 Å². The number of likely N-dealkylation sites (N-methyl/N-ethyl adjacent to an activating group) is 1. The number of benzene rings is 1. The molecule has 0 spiro atoms. The number of hydrogen-bond donors (Lipinski definition) is 2. The van der Waals surface area contributed by atoms with Gasteiger partial charge < -0.3 is 5.32 Å². The second-order valence-corrected chi connectivity index (χ2v) is 9.49. The molecule has 28 heavy (non-hydrogen) atoms. The van der Waals surface area contributed by atoms with Gasteiger partial charge in [0.1, 0.15) is 0 Å². The van der Waals surface area contributed by atoms with Gasteiger partial charge in [-0.15, -0.1) is 0 Å². The van der Waals surface area contributed by atoms with E-state index in [1.807, 2.05) is 38.4 Å². The van der Waals surface area contributed by atoms with Gasteiger partial charge in [-0.3, -0.25) is 4.98 Å². The van der Waals surface area contributed by atoms with E-state index in [0.717, 1.165) is 36.2 Å². The zero-order valence-electron chi connectivity index (χ0n) is 16.3. The van der Waals surface area contributed by atoms with Crippen LogP contribution in [0.2, 0.25) is 0 Å². The number of hydrogen-bond acceptors (Lipinski definition) is 4. The van der Waals surface area contributed by atoms with Gasteiger partial charge in [0.05, 0.1) is 15.3 Å². The number of rotatable bonds is 6. The molecule has 1 aromatic heterocycles. The molecule has 0 aliphatic heterocycles. The standard InChI is InChI=1S/C21H27N3O2S2/c1-16(24-28(25,26)18-10-4-3-5-11-18)19-12-6-7-13-21(19,20(27)22-2)17-9-8-14-23-15-17/h3-5,8-11,14-16,19,24H,6-7,12-13H2,1-2H3,(H,22,27)/t16?,19-,21-/m1/s1. The van der Waals surface area contributed by atoms with E-state index < -0.39 is 15.4 Å². The number of thiocarbonyl (C=S) groups is 1. The highest BCUT2D eigenvalue weighted by molar-refractivity contribution is 7.89. The van der Waals surface area contributed by atoms with Gasteiger partial charge in [-0.1, -0.05) is 49.3 Å². The smallest absolute Gasteiger partial charge is 0.240 e. The van der Waals surface area contributed by atoms with Crippen molar-refractivity contribution >= 4 is 27.2 Å². The molecule has 0 saturated heterocycles. The first-order valence-corrected chi connectivity index (χ1v) is 11.5. The molecule has 1 aromatic carbocycles. The molecule has 1 heterocycles. The van der Waals surface area contributed by atoms with Crippen LogP contribution in [0.3, 0.4) is 0 Å². The van der Waals surface area contributed by atoms with Crippen LogP contribution in [-0.4, -0.2) is 31.5 Å². The first-order chi connectivity index (χ1) is 13.4. The van der Waals surface area contributed by atoms with E-state index in [2.05, 4.69) is 15.0 Å². The van der Waals surface area contributed by atoms with Gasteiger partial charge in [0.15, 0.2) is 0 Å². The Balaban J connectivity index is 1.98. The number of sulfonamides is 1. The summed E-state index contributed by atoms with van der Waals surface area (Å²) in [5.41, 5.74) is 0.611.